The van der Waals surface area contributed by atoms with Crippen molar-refractivity contribution in [1.29, 1.82) is 0 Å². The van der Waals surface area contributed by atoms with Crippen LogP contribution in [0.5, 0.6) is 0 Å². The summed E-state index contributed by atoms with van der Waals surface area (Å²) >= 11 is 0. The number of hydrogen-bond donors (Lipinski definition) is 2. The summed E-state index contributed by atoms with van der Waals surface area (Å²) < 4.78 is 0. The summed E-state index contributed by atoms with van der Waals surface area (Å²) in [5, 5.41) is 6.16. The first-order chi connectivity index (χ1) is 9.24. The van der Waals surface area contributed by atoms with Crippen LogP contribution in [0.25, 0.3) is 0 Å². The maximum atomic E-state index is 11.6. The minimum atomic E-state index is 0. The van der Waals surface area contributed by atoms with Gasteiger partial charge < -0.3 is 15.5 Å². The lowest BCUT2D eigenvalue weighted by atomic mass is 10.2. The number of anilines is 1. The number of nitrogens with zero attached hydrogens (tertiary/aromatic N) is 2. The molecule has 0 aromatic heterocycles. The molecule has 5 nitrogen and oxygen atoms in total. The van der Waals surface area contributed by atoms with Crippen LogP contribution in [0.2, 0.25) is 0 Å². The van der Waals surface area contributed by atoms with Crippen molar-refractivity contribution in [2.75, 3.05) is 25.5 Å². The van der Waals surface area contributed by atoms with Gasteiger partial charge in [-0.2, -0.15) is 0 Å². The molecule has 0 radical (unpaired) electrons. The van der Waals surface area contributed by atoms with Crippen LogP contribution in [0, 0.1) is 0 Å². The maximum absolute atomic E-state index is 11.6. The van der Waals surface area contributed by atoms with Crippen molar-refractivity contribution in [1.82, 2.24) is 10.6 Å². The van der Waals surface area contributed by atoms with Gasteiger partial charge in [0.2, 0.25) is 5.91 Å². The minimum absolute atomic E-state index is 0. The van der Waals surface area contributed by atoms with E-state index in [1.165, 1.54) is 0 Å². The molecular weight excluding hydrogens is 367 g/mol. The van der Waals surface area contributed by atoms with Gasteiger partial charge in [-0.3, -0.25) is 9.79 Å². The van der Waals surface area contributed by atoms with Gasteiger partial charge in [0.1, 0.15) is 0 Å². The molecule has 1 aromatic rings. The number of carbonyl (C=O) groups is 1. The summed E-state index contributed by atoms with van der Waals surface area (Å²) in [5.41, 5.74) is 2.15. The van der Waals surface area contributed by atoms with E-state index < -0.39 is 0 Å². The molecule has 20 heavy (non-hydrogen) atoms. The van der Waals surface area contributed by atoms with Gasteiger partial charge >= 0.3 is 0 Å². The van der Waals surface area contributed by atoms with E-state index in [2.05, 4.69) is 15.6 Å². The van der Waals surface area contributed by atoms with Crippen molar-refractivity contribution in [3.05, 3.63) is 29.8 Å². The molecule has 0 bridgehead atoms. The van der Waals surface area contributed by atoms with Crippen molar-refractivity contribution in [3.63, 3.8) is 0 Å². The van der Waals surface area contributed by atoms with Crippen LogP contribution in [0.15, 0.2) is 29.3 Å². The van der Waals surface area contributed by atoms with Gasteiger partial charge in [-0.05, 0) is 24.1 Å². The lowest BCUT2D eigenvalue weighted by molar-refractivity contribution is -0.117. The Balaban J connectivity index is 0.00000200. The van der Waals surface area contributed by atoms with Crippen molar-refractivity contribution in [2.24, 2.45) is 4.99 Å². The Morgan fingerprint density at radius 1 is 1.35 bits per heavy atom. The highest BCUT2D eigenvalue weighted by Gasteiger charge is 2.21. The van der Waals surface area contributed by atoms with Crippen molar-refractivity contribution in [3.8, 4) is 0 Å². The normalized spacial score (nSPS) is 15.0. The highest BCUT2D eigenvalue weighted by molar-refractivity contribution is 14.0. The zero-order valence-electron chi connectivity index (χ0n) is 11.8. The fraction of sp³-hybridized carbons (Fsp3) is 0.429. The van der Waals surface area contributed by atoms with Gasteiger partial charge in [0.05, 0.1) is 0 Å². The Bertz CT molecular complexity index is 473. The first kappa shape index (κ1) is 16.7. The average Bonchev–Trinajstić information content (AvgIpc) is 2.87. The van der Waals surface area contributed by atoms with E-state index >= 15 is 0 Å². The molecule has 0 unspecified atom stereocenters. The first-order valence-corrected chi connectivity index (χ1v) is 6.52. The number of nitrogens with one attached hydrogen (secondary N) is 2. The quantitative estimate of drug-likeness (QED) is 0.471. The van der Waals surface area contributed by atoms with Crippen molar-refractivity contribution < 1.29 is 4.79 Å². The van der Waals surface area contributed by atoms with Crippen molar-refractivity contribution >= 4 is 41.5 Å². The van der Waals surface area contributed by atoms with Gasteiger partial charge in [0, 0.05) is 39.3 Å². The van der Waals surface area contributed by atoms with Gasteiger partial charge in [0.25, 0.3) is 0 Å². The molecule has 1 heterocycles. The predicted molar refractivity (Wildman–Crippen MR) is 92.7 cm³/mol. The zero-order chi connectivity index (χ0) is 13.7. The highest BCUT2D eigenvalue weighted by atomic mass is 127. The third-order valence-corrected chi connectivity index (χ3v) is 3.24. The summed E-state index contributed by atoms with van der Waals surface area (Å²) in [5.74, 6) is 0.986. The molecule has 0 atom stereocenters. The second-order valence-electron chi connectivity index (χ2n) is 4.49. The minimum Gasteiger partial charge on any atom is -0.359 e. The first-order valence-electron chi connectivity index (χ1n) is 6.52. The Hall–Kier alpha value is -1.31. The number of carbonyl (C=O) groups excluding carboxylic acids is 1. The van der Waals surface area contributed by atoms with Crippen LogP contribution < -0.4 is 15.5 Å². The second-order valence-corrected chi connectivity index (χ2v) is 4.49. The number of rotatable bonds is 3. The molecule has 0 spiro atoms. The topological polar surface area (TPSA) is 56.7 Å². The molecule has 1 aliphatic heterocycles. The third-order valence-electron chi connectivity index (χ3n) is 3.24. The molecule has 1 aromatic carbocycles. The Labute approximate surface area is 136 Å². The van der Waals surface area contributed by atoms with E-state index in [1.54, 1.807) is 7.05 Å². The van der Waals surface area contributed by atoms with Gasteiger partial charge in [-0.25, -0.2) is 0 Å². The summed E-state index contributed by atoms with van der Waals surface area (Å²) in [6, 6.07) is 8.08. The molecule has 6 heteroatoms. The molecule has 110 valence electrons. The molecule has 1 aliphatic rings. The molecule has 1 fully saturated rings. The summed E-state index contributed by atoms with van der Waals surface area (Å²) in [6.07, 6.45) is 1.63. The van der Waals surface area contributed by atoms with Gasteiger partial charge in [-0.1, -0.05) is 12.1 Å². The fourth-order valence-corrected chi connectivity index (χ4v) is 2.18. The number of hydrogen-bond acceptors (Lipinski definition) is 2. The predicted octanol–water partition coefficient (Wildman–Crippen LogP) is 1.73. The van der Waals surface area contributed by atoms with Crippen LogP contribution in [0.3, 0.4) is 0 Å². The van der Waals surface area contributed by atoms with E-state index in [9.17, 15) is 4.79 Å². The van der Waals surface area contributed by atoms with Crippen LogP contribution in [-0.2, 0) is 11.3 Å². The van der Waals surface area contributed by atoms with Crippen LogP contribution in [-0.4, -0.2) is 32.5 Å². The second kappa shape index (κ2) is 8.08. The van der Waals surface area contributed by atoms with Crippen LogP contribution >= 0.6 is 24.0 Å². The molecule has 1 amide bonds. The Morgan fingerprint density at radius 2 is 2.05 bits per heavy atom. The Kier molecular flexibility index (Phi) is 6.77. The molecule has 0 aliphatic carbocycles. The van der Waals surface area contributed by atoms with E-state index in [0.717, 1.165) is 30.2 Å². The number of amides is 1. The summed E-state index contributed by atoms with van der Waals surface area (Å²) in [7, 11) is 3.57. The van der Waals surface area contributed by atoms with E-state index in [0.29, 0.717) is 13.0 Å². The van der Waals surface area contributed by atoms with E-state index in [1.807, 2.05) is 36.2 Å². The molecule has 1 saturated heterocycles. The van der Waals surface area contributed by atoms with E-state index in [4.69, 9.17) is 0 Å². The molecule has 2 rings (SSSR count). The van der Waals surface area contributed by atoms with Crippen molar-refractivity contribution in [2.45, 2.75) is 19.4 Å². The number of guanidine groups is 1. The number of benzene rings is 1. The lowest BCUT2D eigenvalue weighted by Crippen LogP contribution is -2.34. The molecule has 2 N–H and O–H groups in total. The summed E-state index contributed by atoms with van der Waals surface area (Å²) in [4.78, 5) is 17.5. The van der Waals surface area contributed by atoms with Gasteiger partial charge in [0.15, 0.2) is 5.96 Å². The largest absolute Gasteiger partial charge is 0.359 e. The van der Waals surface area contributed by atoms with E-state index in [-0.39, 0.29) is 29.9 Å². The number of aliphatic imine (C=N–C) groups is 1. The highest BCUT2D eigenvalue weighted by Crippen LogP contribution is 2.21. The monoisotopic (exact) mass is 388 g/mol. The molecular formula is C14H21IN4O. The van der Waals surface area contributed by atoms with Gasteiger partial charge in [-0.15, -0.1) is 24.0 Å². The summed E-state index contributed by atoms with van der Waals surface area (Å²) in [6.45, 7) is 1.55. The zero-order valence-corrected chi connectivity index (χ0v) is 14.2. The fourth-order valence-electron chi connectivity index (χ4n) is 2.18. The number of halogens is 1. The Morgan fingerprint density at radius 3 is 2.55 bits per heavy atom. The molecule has 0 saturated carbocycles. The van der Waals surface area contributed by atoms with Crippen LogP contribution in [0.1, 0.15) is 18.4 Å². The third kappa shape index (κ3) is 4.09. The standard InChI is InChI=1S/C14H20N4O.HI/c1-15-14(16-2)17-10-11-5-7-12(8-6-11)18-9-3-4-13(18)19;/h5-8H,3-4,9-10H2,1-2H3,(H2,15,16,17);1H. The van der Waals surface area contributed by atoms with Crippen LogP contribution in [0.4, 0.5) is 5.69 Å². The average molecular weight is 388 g/mol. The SMILES string of the molecule is CN=C(NC)NCc1ccc(N2CCCC2=O)cc1.I. The lowest BCUT2D eigenvalue weighted by Gasteiger charge is -2.16. The maximum Gasteiger partial charge on any atom is 0.227 e. The smallest absolute Gasteiger partial charge is 0.227 e.